The Morgan fingerprint density at radius 1 is 1.06 bits per heavy atom. The van der Waals surface area contributed by atoms with Gasteiger partial charge in [-0.05, 0) is 32.4 Å². The van der Waals surface area contributed by atoms with E-state index in [1.54, 1.807) is 0 Å². The van der Waals surface area contributed by atoms with E-state index in [1.807, 2.05) is 0 Å². The Morgan fingerprint density at radius 2 is 1.78 bits per heavy atom. The molecule has 0 aromatic carbocycles. The van der Waals surface area contributed by atoms with Crippen LogP contribution in [0.4, 0.5) is 0 Å². The van der Waals surface area contributed by atoms with Gasteiger partial charge >= 0.3 is 0 Å². The van der Waals surface area contributed by atoms with Gasteiger partial charge in [0, 0.05) is 18.8 Å². The van der Waals surface area contributed by atoms with E-state index in [4.69, 9.17) is 4.43 Å². The topological polar surface area (TPSA) is 26.3 Å². The highest BCUT2D eigenvalue weighted by Crippen LogP contribution is 2.13. The van der Waals surface area contributed by atoms with Crippen molar-refractivity contribution in [2.45, 2.75) is 71.4 Å². The highest BCUT2D eigenvalue weighted by molar-refractivity contribution is 8.13. The van der Waals surface area contributed by atoms with Crippen molar-refractivity contribution in [2.24, 2.45) is 0 Å². The van der Waals surface area contributed by atoms with Gasteiger partial charge in [0.25, 0.3) is 0 Å². The summed E-state index contributed by atoms with van der Waals surface area (Å²) in [6.07, 6.45) is 9.12. The van der Waals surface area contributed by atoms with Gasteiger partial charge in [0.05, 0.1) is 0 Å². The number of hydrogen-bond acceptors (Lipinski definition) is 3. The molecule has 108 valence electrons. The van der Waals surface area contributed by atoms with Gasteiger partial charge in [0.15, 0.2) is 14.2 Å². The average molecular weight is 291 g/mol. The molecule has 0 aliphatic heterocycles. The van der Waals surface area contributed by atoms with Crippen LogP contribution in [0.25, 0.3) is 0 Å². The zero-order chi connectivity index (χ0) is 13.6. The molecule has 18 heavy (non-hydrogen) atoms. The smallest absolute Gasteiger partial charge is 0.188 e. The van der Waals surface area contributed by atoms with Crippen LogP contribution in [0, 0.1) is 0 Å². The Kier molecular flexibility index (Phi) is 13.8. The lowest BCUT2D eigenvalue weighted by Crippen LogP contribution is -2.08. The maximum Gasteiger partial charge on any atom is 0.188 e. The van der Waals surface area contributed by atoms with Gasteiger partial charge in [-0.15, -0.1) is 0 Å². The van der Waals surface area contributed by atoms with E-state index >= 15 is 0 Å². The molecule has 0 saturated carbocycles. The summed E-state index contributed by atoms with van der Waals surface area (Å²) in [6, 6.07) is 0. The number of unbranched alkanes of at least 4 members (excludes halogenated alkanes) is 5. The molecule has 0 radical (unpaired) electrons. The molecule has 0 fully saturated rings. The second kappa shape index (κ2) is 13.6. The highest BCUT2D eigenvalue weighted by Gasteiger charge is 2.02. The Bertz CT molecular complexity index is 198. The molecular weight excluding hydrogens is 260 g/mol. The molecule has 0 aliphatic carbocycles. The van der Waals surface area contributed by atoms with E-state index in [0.717, 1.165) is 38.0 Å². The van der Waals surface area contributed by atoms with Gasteiger partial charge < -0.3 is 4.43 Å². The van der Waals surface area contributed by atoms with Crippen LogP contribution in [0.15, 0.2) is 0 Å². The van der Waals surface area contributed by atoms with Crippen LogP contribution in [-0.2, 0) is 9.22 Å². The molecule has 0 bridgehead atoms. The minimum absolute atomic E-state index is 0.380. The van der Waals surface area contributed by atoms with Crippen molar-refractivity contribution in [1.29, 1.82) is 0 Å². The molecule has 0 N–H and O–H groups in total. The van der Waals surface area contributed by atoms with Gasteiger partial charge in [-0.2, -0.15) is 0 Å². The SMILES string of the molecule is CCCCCCCC(=O)SCCCCO[SiH](C)C. The average Bonchev–Trinajstić information content (AvgIpc) is 2.33. The summed E-state index contributed by atoms with van der Waals surface area (Å²) in [4.78, 5) is 11.6. The first-order valence-electron chi connectivity index (χ1n) is 7.44. The maximum atomic E-state index is 11.6. The number of hydrogen-bond donors (Lipinski definition) is 0. The minimum atomic E-state index is -0.841. The molecule has 0 spiro atoms. The lowest BCUT2D eigenvalue weighted by Gasteiger charge is -2.05. The van der Waals surface area contributed by atoms with E-state index in [9.17, 15) is 4.79 Å². The lowest BCUT2D eigenvalue weighted by molar-refractivity contribution is -0.111. The molecule has 0 aliphatic rings. The fourth-order valence-electron chi connectivity index (χ4n) is 1.65. The summed E-state index contributed by atoms with van der Waals surface area (Å²) in [7, 11) is -0.841. The van der Waals surface area contributed by atoms with Crippen molar-refractivity contribution < 1.29 is 9.22 Å². The normalized spacial score (nSPS) is 11.1. The fourth-order valence-corrected chi connectivity index (χ4v) is 3.16. The van der Waals surface area contributed by atoms with Crippen LogP contribution >= 0.6 is 11.8 Å². The van der Waals surface area contributed by atoms with Gasteiger partial charge in [-0.3, -0.25) is 4.79 Å². The molecule has 0 amide bonds. The Labute approximate surface area is 119 Å². The highest BCUT2D eigenvalue weighted by atomic mass is 32.2. The van der Waals surface area contributed by atoms with Gasteiger partial charge in [0.2, 0.25) is 0 Å². The molecule has 0 atom stereocenters. The van der Waals surface area contributed by atoms with Gasteiger partial charge in [0.1, 0.15) is 0 Å². The predicted molar refractivity (Wildman–Crippen MR) is 84.9 cm³/mol. The number of carbonyl (C=O) groups is 1. The summed E-state index contributed by atoms with van der Waals surface area (Å²) in [6.45, 7) is 7.48. The largest absolute Gasteiger partial charge is 0.421 e. The first kappa shape index (κ1) is 18.2. The molecule has 0 aromatic heterocycles. The predicted octanol–water partition coefficient (Wildman–Crippen LogP) is 4.39. The van der Waals surface area contributed by atoms with Crippen molar-refractivity contribution in [1.82, 2.24) is 0 Å². The zero-order valence-electron chi connectivity index (χ0n) is 12.4. The van der Waals surface area contributed by atoms with Crippen LogP contribution in [0.1, 0.15) is 58.3 Å². The van der Waals surface area contributed by atoms with Crippen LogP contribution in [0.5, 0.6) is 0 Å². The fraction of sp³-hybridized carbons (Fsp3) is 0.929. The van der Waals surface area contributed by atoms with Crippen LogP contribution in [0.2, 0.25) is 13.1 Å². The zero-order valence-corrected chi connectivity index (χ0v) is 14.3. The lowest BCUT2D eigenvalue weighted by atomic mass is 10.1. The van der Waals surface area contributed by atoms with Crippen LogP contribution < -0.4 is 0 Å². The van der Waals surface area contributed by atoms with Crippen molar-refractivity contribution >= 4 is 25.9 Å². The number of thioether (sulfide) groups is 1. The third-order valence-corrected chi connectivity index (χ3v) is 4.66. The maximum absolute atomic E-state index is 11.6. The third kappa shape index (κ3) is 14.3. The van der Waals surface area contributed by atoms with E-state index in [1.165, 1.54) is 37.4 Å². The molecule has 0 saturated heterocycles. The van der Waals surface area contributed by atoms with Gasteiger partial charge in [-0.1, -0.05) is 44.4 Å². The monoisotopic (exact) mass is 290 g/mol. The summed E-state index contributed by atoms with van der Waals surface area (Å²) in [5.74, 6) is 0.969. The summed E-state index contributed by atoms with van der Waals surface area (Å²) < 4.78 is 5.60. The molecule has 0 heterocycles. The van der Waals surface area contributed by atoms with E-state index in [0.29, 0.717) is 5.12 Å². The van der Waals surface area contributed by atoms with Gasteiger partial charge in [-0.25, -0.2) is 0 Å². The molecule has 0 aromatic rings. The molecule has 0 unspecified atom stereocenters. The minimum Gasteiger partial charge on any atom is -0.421 e. The number of carbonyl (C=O) groups excluding carboxylic acids is 1. The van der Waals surface area contributed by atoms with E-state index < -0.39 is 9.04 Å². The molecule has 4 heteroatoms. The van der Waals surface area contributed by atoms with E-state index in [-0.39, 0.29) is 0 Å². The molecule has 0 rings (SSSR count). The Morgan fingerprint density at radius 3 is 2.44 bits per heavy atom. The molecule has 2 nitrogen and oxygen atoms in total. The van der Waals surface area contributed by atoms with Crippen LogP contribution in [-0.4, -0.2) is 26.5 Å². The molecular formula is C14H30O2SSi. The standard InChI is InChI=1S/C14H30O2SSi/c1-4-5-6-7-8-11-14(15)17-13-10-9-12-16-18(2)3/h18H,4-13H2,1-3H3. The number of rotatable bonds is 12. The second-order valence-electron chi connectivity index (χ2n) is 5.01. The van der Waals surface area contributed by atoms with Crippen molar-refractivity contribution in [3.8, 4) is 0 Å². The Hall–Kier alpha value is 0.197. The van der Waals surface area contributed by atoms with Crippen LogP contribution in [0.3, 0.4) is 0 Å². The summed E-state index contributed by atoms with van der Waals surface area (Å²) in [5.41, 5.74) is 0. The van der Waals surface area contributed by atoms with E-state index in [2.05, 4.69) is 20.0 Å². The quantitative estimate of drug-likeness (QED) is 0.394. The first-order valence-corrected chi connectivity index (χ1v) is 11.2. The second-order valence-corrected chi connectivity index (χ2v) is 8.59. The summed E-state index contributed by atoms with van der Waals surface area (Å²) in [5, 5.41) is 0.380. The Balaban J connectivity index is 3.17. The third-order valence-electron chi connectivity index (χ3n) is 2.74. The first-order chi connectivity index (χ1) is 8.66. The van der Waals surface area contributed by atoms with Crippen molar-refractivity contribution in [3.05, 3.63) is 0 Å². The van der Waals surface area contributed by atoms with Crippen molar-refractivity contribution in [3.63, 3.8) is 0 Å². The summed E-state index contributed by atoms with van der Waals surface area (Å²) >= 11 is 1.52. The van der Waals surface area contributed by atoms with Crippen molar-refractivity contribution in [2.75, 3.05) is 12.4 Å².